The normalized spacial score (nSPS) is 10.1. The van der Waals surface area contributed by atoms with Crippen molar-refractivity contribution in [1.29, 1.82) is 0 Å². The Morgan fingerprint density at radius 3 is 2.65 bits per heavy atom. The molecule has 0 N–H and O–H groups in total. The summed E-state index contributed by atoms with van der Waals surface area (Å²) < 4.78 is 11.9. The number of rotatable bonds is 6. The van der Waals surface area contributed by atoms with Gasteiger partial charge in [0.2, 0.25) is 5.78 Å². The highest BCUT2D eigenvalue weighted by molar-refractivity contribution is 9.10. The van der Waals surface area contributed by atoms with Crippen LogP contribution >= 0.6 is 15.9 Å². The van der Waals surface area contributed by atoms with Gasteiger partial charge < -0.3 is 9.47 Å². The Bertz CT molecular complexity index is 596. The molecule has 104 valence electrons. The number of ketones is 1. The van der Waals surface area contributed by atoms with Crippen LogP contribution in [0.1, 0.15) is 17.3 Å². The van der Waals surface area contributed by atoms with Crippen molar-refractivity contribution in [2.75, 3.05) is 13.2 Å². The first-order valence-corrected chi connectivity index (χ1v) is 7.13. The van der Waals surface area contributed by atoms with Crippen LogP contribution in [-0.4, -0.2) is 19.0 Å². The van der Waals surface area contributed by atoms with Gasteiger partial charge in [-0.25, -0.2) is 0 Å². The fourth-order valence-corrected chi connectivity index (χ4v) is 2.14. The summed E-state index contributed by atoms with van der Waals surface area (Å²) in [6, 6.07) is 14.6. The molecule has 2 aromatic rings. The van der Waals surface area contributed by atoms with E-state index in [1.54, 1.807) is 12.1 Å². The van der Waals surface area contributed by atoms with Gasteiger partial charge in [-0.1, -0.05) is 34.1 Å². The monoisotopic (exact) mass is 334 g/mol. The summed E-state index contributed by atoms with van der Waals surface area (Å²) in [6.45, 7) is 2.40. The summed E-state index contributed by atoms with van der Waals surface area (Å²) in [5.74, 6) is 1.15. The van der Waals surface area contributed by atoms with Crippen LogP contribution in [-0.2, 0) is 0 Å². The van der Waals surface area contributed by atoms with Crippen molar-refractivity contribution in [3.05, 3.63) is 58.6 Å². The number of benzene rings is 2. The Balaban J connectivity index is 2.05. The molecule has 0 amide bonds. The molecule has 0 radical (unpaired) electrons. The maximum absolute atomic E-state index is 12.2. The van der Waals surface area contributed by atoms with Gasteiger partial charge in [0.1, 0.15) is 11.5 Å². The van der Waals surface area contributed by atoms with Crippen molar-refractivity contribution in [2.45, 2.75) is 6.92 Å². The van der Waals surface area contributed by atoms with Crippen molar-refractivity contribution >= 4 is 21.7 Å². The highest BCUT2D eigenvalue weighted by atomic mass is 79.9. The van der Waals surface area contributed by atoms with Crippen LogP contribution in [0.3, 0.4) is 0 Å². The Hall–Kier alpha value is -1.81. The number of Topliss-reactive ketones (excluding diaryl/α,β-unsaturated/α-hetero) is 1. The number of hydrogen-bond acceptors (Lipinski definition) is 3. The van der Waals surface area contributed by atoms with Gasteiger partial charge in [0.25, 0.3) is 0 Å². The lowest BCUT2D eigenvalue weighted by atomic mass is 10.1. The van der Waals surface area contributed by atoms with E-state index in [1.807, 2.05) is 43.3 Å². The van der Waals surface area contributed by atoms with Gasteiger partial charge in [-0.15, -0.1) is 0 Å². The zero-order valence-electron chi connectivity index (χ0n) is 11.1. The van der Waals surface area contributed by atoms with E-state index in [0.717, 1.165) is 4.47 Å². The van der Waals surface area contributed by atoms with Crippen molar-refractivity contribution in [2.24, 2.45) is 0 Å². The summed E-state index contributed by atoms with van der Waals surface area (Å²) in [6.07, 6.45) is 0. The molecular weight excluding hydrogens is 320 g/mol. The number of ether oxygens (including phenoxy) is 2. The molecule has 0 saturated carbocycles. The molecule has 0 aromatic heterocycles. The third-order valence-corrected chi connectivity index (χ3v) is 3.15. The van der Waals surface area contributed by atoms with Crippen molar-refractivity contribution in [1.82, 2.24) is 0 Å². The number of carbonyl (C=O) groups is 1. The molecule has 3 nitrogen and oxygen atoms in total. The van der Waals surface area contributed by atoms with Crippen molar-refractivity contribution < 1.29 is 14.3 Å². The molecule has 0 atom stereocenters. The van der Waals surface area contributed by atoms with E-state index in [-0.39, 0.29) is 12.4 Å². The molecule has 2 aromatic carbocycles. The molecule has 0 spiro atoms. The lowest BCUT2D eigenvalue weighted by Crippen LogP contribution is -2.13. The topological polar surface area (TPSA) is 35.5 Å². The zero-order chi connectivity index (χ0) is 14.4. The quantitative estimate of drug-likeness (QED) is 0.746. The second-order valence-corrected chi connectivity index (χ2v) is 5.01. The Labute approximate surface area is 126 Å². The number of para-hydroxylation sites is 1. The van der Waals surface area contributed by atoms with Crippen LogP contribution in [0, 0.1) is 0 Å². The van der Waals surface area contributed by atoms with E-state index < -0.39 is 0 Å². The molecule has 4 heteroatoms. The minimum Gasteiger partial charge on any atom is -0.493 e. The highest BCUT2D eigenvalue weighted by Crippen LogP contribution is 2.20. The van der Waals surface area contributed by atoms with Gasteiger partial charge in [0.05, 0.1) is 12.2 Å². The maximum Gasteiger partial charge on any atom is 0.203 e. The number of carbonyl (C=O) groups excluding carboxylic acids is 1. The van der Waals surface area contributed by atoms with E-state index in [9.17, 15) is 4.79 Å². The maximum atomic E-state index is 12.2. The summed E-state index contributed by atoms with van der Waals surface area (Å²) in [4.78, 5) is 12.2. The van der Waals surface area contributed by atoms with Crippen LogP contribution in [0.25, 0.3) is 0 Å². The average molecular weight is 335 g/mol. The lowest BCUT2D eigenvalue weighted by Gasteiger charge is -2.10. The Kier molecular flexibility index (Phi) is 5.18. The molecule has 0 heterocycles. The second kappa shape index (κ2) is 7.10. The van der Waals surface area contributed by atoms with Crippen LogP contribution in [0.15, 0.2) is 53.0 Å². The minimum atomic E-state index is -0.103. The van der Waals surface area contributed by atoms with Gasteiger partial charge >= 0.3 is 0 Å². The lowest BCUT2D eigenvalue weighted by molar-refractivity contribution is 0.0917. The van der Waals surface area contributed by atoms with Crippen LogP contribution < -0.4 is 9.47 Å². The molecule has 0 aliphatic heterocycles. The third-order valence-electron chi connectivity index (χ3n) is 2.65. The summed E-state index contributed by atoms with van der Waals surface area (Å²) >= 11 is 3.36. The SMILES string of the molecule is CCOc1ccccc1C(=O)COc1cccc(Br)c1. The molecule has 0 aliphatic rings. The van der Waals surface area contributed by atoms with E-state index >= 15 is 0 Å². The molecule has 0 fully saturated rings. The van der Waals surface area contributed by atoms with Gasteiger partial charge in [-0.2, -0.15) is 0 Å². The smallest absolute Gasteiger partial charge is 0.203 e. The summed E-state index contributed by atoms with van der Waals surface area (Å²) in [5, 5.41) is 0. The Morgan fingerprint density at radius 1 is 1.10 bits per heavy atom. The van der Waals surface area contributed by atoms with E-state index in [2.05, 4.69) is 15.9 Å². The average Bonchev–Trinajstić information content (AvgIpc) is 2.46. The van der Waals surface area contributed by atoms with Crippen LogP contribution in [0.2, 0.25) is 0 Å². The standard InChI is InChI=1S/C16H15BrO3/c1-2-19-16-9-4-3-8-14(16)15(18)11-20-13-7-5-6-12(17)10-13/h3-10H,2,11H2,1H3. The van der Waals surface area contributed by atoms with E-state index in [0.29, 0.717) is 23.7 Å². The molecule has 0 unspecified atom stereocenters. The number of hydrogen-bond donors (Lipinski definition) is 0. The second-order valence-electron chi connectivity index (χ2n) is 4.10. The fraction of sp³-hybridized carbons (Fsp3) is 0.188. The zero-order valence-corrected chi connectivity index (χ0v) is 12.7. The molecule has 0 bridgehead atoms. The van der Waals surface area contributed by atoms with Gasteiger partial charge in [0.15, 0.2) is 6.61 Å². The predicted octanol–water partition coefficient (Wildman–Crippen LogP) is 4.11. The molecular formula is C16H15BrO3. The third kappa shape index (κ3) is 3.84. The molecule has 0 aliphatic carbocycles. The van der Waals surface area contributed by atoms with Crippen molar-refractivity contribution in [3.63, 3.8) is 0 Å². The highest BCUT2D eigenvalue weighted by Gasteiger charge is 2.12. The van der Waals surface area contributed by atoms with E-state index in [1.165, 1.54) is 0 Å². The predicted molar refractivity (Wildman–Crippen MR) is 81.6 cm³/mol. The van der Waals surface area contributed by atoms with E-state index in [4.69, 9.17) is 9.47 Å². The van der Waals surface area contributed by atoms with Crippen molar-refractivity contribution in [3.8, 4) is 11.5 Å². The van der Waals surface area contributed by atoms with Gasteiger partial charge in [-0.05, 0) is 37.3 Å². The van der Waals surface area contributed by atoms with Gasteiger partial charge in [-0.3, -0.25) is 4.79 Å². The Morgan fingerprint density at radius 2 is 1.90 bits per heavy atom. The van der Waals surface area contributed by atoms with Crippen LogP contribution in [0.5, 0.6) is 11.5 Å². The molecule has 0 saturated heterocycles. The minimum absolute atomic E-state index is 0.0134. The largest absolute Gasteiger partial charge is 0.493 e. The first kappa shape index (κ1) is 14.6. The molecule has 2 rings (SSSR count). The first-order chi connectivity index (χ1) is 9.70. The first-order valence-electron chi connectivity index (χ1n) is 6.34. The number of halogens is 1. The van der Waals surface area contributed by atoms with Crippen LogP contribution in [0.4, 0.5) is 0 Å². The fourth-order valence-electron chi connectivity index (χ4n) is 1.76. The van der Waals surface area contributed by atoms with Gasteiger partial charge in [0, 0.05) is 4.47 Å². The summed E-state index contributed by atoms with van der Waals surface area (Å²) in [5.41, 5.74) is 0.546. The molecule has 20 heavy (non-hydrogen) atoms. The summed E-state index contributed by atoms with van der Waals surface area (Å²) in [7, 11) is 0.